The van der Waals surface area contributed by atoms with E-state index in [2.05, 4.69) is 6.92 Å². The smallest absolute Gasteiger partial charge is 0.209 e. The lowest BCUT2D eigenvalue weighted by atomic mass is 9.87. The van der Waals surface area contributed by atoms with E-state index in [0.29, 0.717) is 12.7 Å². The van der Waals surface area contributed by atoms with Crippen LogP contribution in [0.3, 0.4) is 0 Å². The molecule has 5 heteroatoms. The Labute approximate surface area is 117 Å². The van der Waals surface area contributed by atoms with Gasteiger partial charge in [-0.15, -0.1) is 0 Å². The molecule has 2 fully saturated rings. The second-order valence-corrected chi connectivity index (χ2v) is 8.32. The molecule has 2 aliphatic rings. The monoisotopic (exact) mass is 289 g/mol. The molecular formula is C14H27NO3S. The van der Waals surface area contributed by atoms with Crippen molar-refractivity contribution in [3.63, 3.8) is 0 Å². The van der Waals surface area contributed by atoms with E-state index < -0.39 is 10.0 Å². The summed E-state index contributed by atoms with van der Waals surface area (Å²) in [6.07, 6.45) is 9.09. The summed E-state index contributed by atoms with van der Waals surface area (Å²) in [6.45, 7) is 2.86. The summed E-state index contributed by atoms with van der Waals surface area (Å²) in [7, 11) is -3.41. The van der Waals surface area contributed by atoms with Crippen molar-refractivity contribution in [2.75, 3.05) is 12.4 Å². The van der Waals surface area contributed by atoms with Gasteiger partial charge >= 0.3 is 0 Å². The highest BCUT2D eigenvalue weighted by atomic mass is 32.2. The second-order valence-electron chi connectivity index (χ2n) is 6.71. The Morgan fingerprint density at radius 2 is 1.74 bits per heavy atom. The number of nitrogens with two attached hydrogens (primary N) is 1. The molecule has 0 aromatic rings. The first-order valence-electron chi connectivity index (χ1n) is 7.51. The Morgan fingerprint density at radius 1 is 1.16 bits per heavy atom. The van der Waals surface area contributed by atoms with Crippen LogP contribution in [0.15, 0.2) is 0 Å². The topological polar surface area (TPSA) is 69.4 Å². The molecule has 4 nitrogen and oxygen atoms in total. The molecule has 0 saturated heterocycles. The highest BCUT2D eigenvalue weighted by Crippen LogP contribution is 2.40. The van der Waals surface area contributed by atoms with Gasteiger partial charge in [0.05, 0.1) is 18.5 Å². The fourth-order valence-corrected chi connectivity index (χ4v) is 4.80. The van der Waals surface area contributed by atoms with Crippen LogP contribution in [-0.4, -0.2) is 26.9 Å². The van der Waals surface area contributed by atoms with Crippen LogP contribution in [0.1, 0.15) is 58.3 Å². The minimum atomic E-state index is -3.41. The third-order valence-electron chi connectivity index (χ3n) is 4.76. The molecule has 0 aliphatic heterocycles. The van der Waals surface area contributed by atoms with Crippen LogP contribution in [0.5, 0.6) is 0 Å². The molecule has 2 saturated carbocycles. The molecule has 0 bridgehead atoms. The molecule has 0 aromatic carbocycles. The van der Waals surface area contributed by atoms with E-state index in [1.54, 1.807) is 0 Å². The summed E-state index contributed by atoms with van der Waals surface area (Å²) < 4.78 is 28.9. The predicted octanol–water partition coefficient (Wildman–Crippen LogP) is 2.43. The van der Waals surface area contributed by atoms with Crippen molar-refractivity contribution >= 4 is 10.0 Å². The van der Waals surface area contributed by atoms with Gasteiger partial charge in [0, 0.05) is 5.41 Å². The maximum atomic E-state index is 11.4. The van der Waals surface area contributed by atoms with Crippen molar-refractivity contribution in [2.45, 2.75) is 64.4 Å². The lowest BCUT2D eigenvalue weighted by Crippen LogP contribution is -2.37. The number of hydrogen-bond donors (Lipinski definition) is 1. The van der Waals surface area contributed by atoms with Gasteiger partial charge in [-0.25, -0.2) is 13.6 Å². The van der Waals surface area contributed by atoms with Crippen LogP contribution in [0.25, 0.3) is 0 Å². The Bertz CT molecular complexity index is 379. The third kappa shape index (κ3) is 4.72. The van der Waals surface area contributed by atoms with Gasteiger partial charge in [-0.1, -0.05) is 19.8 Å². The molecule has 0 amide bonds. The van der Waals surface area contributed by atoms with Crippen LogP contribution in [0.4, 0.5) is 0 Å². The zero-order valence-corrected chi connectivity index (χ0v) is 12.8. The van der Waals surface area contributed by atoms with Crippen LogP contribution < -0.4 is 5.14 Å². The zero-order chi connectivity index (χ0) is 13.9. The SMILES string of the molecule is CC1CCC(OCC2(CS(N)(=O)=O)CCCC2)CC1. The van der Waals surface area contributed by atoms with Crippen molar-refractivity contribution in [1.29, 1.82) is 0 Å². The first kappa shape index (κ1) is 15.3. The summed E-state index contributed by atoms with van der Waals surface area (Å²) >= 11 is 0. The minimum absolute atomic E-state index is 0.0864. The molecule has 2 rings (SSSR count). The minimum Gasteiger partial charge on any atom is -0.378 e. The predicted molar refractivity (Wildman–Crippen MR) is 76.2 cm³/mol. The quantitative estimate of drug-likeness (QED) is 0.845. The highest BCUT2D eigenvalue weighted by Gasteiger charge is 2.38. The summed E-state index contributed by atoms with van der Waals surface area (Å²) in [5.74, 6) is 0.896. The van der Waals surface area contributed by atoms with Gasteiger partial charge < -0.3 is 4.74 Å². The Kier molecular flexibility index (Phi) is 4.90. The van der Waals surface area contributed by atoms with E-state index in [9.17, 15) is 8.42 Å². The molecule has 2 aliphatic carbocycles. The largest absolute Gasteiger partial charge is 0.378 e. The number of ether oxygens (including phenoxy) is 1. The van der Waals surface area contributed by atoms with Crippen molar-refractivity contribution in [1.82, 2.24) is 0 Å². The average Bonchev–Trinajstić information content (AvgIpc) is 2.75. The average molecular weight is 289 g/mol. The van der Waals surface area contributed by atoms with Crippen LogP contribution in [0.2, 0.25) is 0 Å². The molecule has 0 unspecified atom stereocenters. The summed E-state index contributed by atoms with van der Waals surface area (Å²) in [5.41, 5.74) is -0.212. The van der Waals surface area contributed by atoms with E-state index in [4.69, 9.17) is 9.88 Å². The molecular weight excluding hydrogens is 262 g/mol. The second kappa shape index (κ2) is 6.10. The highest BCUT2D eigenvalue weighted by molar-refractivity contribution is 7.89. The maximum Gasteiger partial charge on any atom is 0.209 e. The van der Waals surface area contributed by atoms with Gasteiger partial charge in [0.2, 0.25) is 10.0 Å². The molecule has 0 radical (unpaired) electrons. The molecule has 0 heterocycles. The van der Waals surface area contributed by atoms with Gasteiger partial charge in [-0.2, -0.15) is 0 Å². The van der Waals surface area contributed by atoms with Crippen molar-refractivity contribution in [3.05, 3.63) is 0 Å². The molecule has 19 heavy (non-hydrogen) atoms. The van der Waals surface area contributed by atoms with Gasteiger partial charge in [0.25, 0.3) is 0 Å². The van der Waals surface area contributed by atoms with E-state index in [0.717, 1.165) is 44.4 Å². The Morgan fingerprint density at radius 3 is 2.26 bits per heavy atom. The van der Waals surface area contributed by atoms with Gasteiger partial charge in [-0.05, 0) is 44.4 Å². The standard InChI is InChI=1S/C14H27NO3S/c1-12-4-6-13(7-5-12)18-10-14(8-2-3-9-14)11-19(15,16)17/h12-13H,2-11H2,1H3,(H2,15,16,17). The van der Waals surface area contributed by atoms with Crippen LogP contribution in [-0.2, 0) is 14.8 Å². The van der Waals surface area contributed by atoms with E-state index in [-0.39, 0.29) is 11.2 Å². The van der Waals surface area contributed by atoms with E-state index >= 15 is 0 Å². The van der Waals surface area contributed by atoms with Crippen LogP contribution in [0, 0.1) is 11.3 Å². The summed E-state index contributed by atoms with van der Waals surface area (Å²) in [6, 6.07) is 0. The lowest BCUT2D eigenvalue weighted by molar-refractivity contribution is -0.0228. The summed E-state index contributed by atoms with van der Waals surface area (Å²) in [4.78, 5) is 0. The summed E-state index contributed by atoms with van der Waals surface area (Å²) in [5, 5.41) is 5.24. The lowest BCUT2D eigenvalue weighted by Gasteiger charge is -2.32. The molecule has 0 aromatic heterocycles. The molecule has 112 valence electrons. The number of rotatable bonds is 5. The number of primary sulfonamides is 1. The molecule has 0 spiro atoms. The van der Waals surface area contributed by atoms with Crippen molar-refractivity contribution in [2.24, 2.45) is 16.5 Å². The number of sulfonamides is 1. The van der Waals surface area contributed by atoms with Crippen molar-refractivity contribution < 1.29 is 13.2 Å². The van der Waals surface area contributed by atoms with Gasteiger partial charge in [-0.3, -0.25) is 0 Å². The Balaban J connectivity index is 1.87. The number of hydrogen-bond acceptors (Lipinski definition) is 3. The van der Waals surface area contributed by atoms with Crippen molar-refractivity contribution in [3.8, 4) is 0 Å². The third-order valence-corrected chi connectivity index (χ3v) is 5.77. The fourth-order valence-electron chi connectivity index (χ4n) is 3.57. The Hall–Kier alpha value is -0.130. The van der Waals surface area contributed by atoms with E-state index in [1.807, 2.05) is 0 Å². The fraction of sp³-hybridized carbons (Fsp3) is 1.00. The first-order chi connectivity index (χ1) is 8.89. The molecule has 2 N–H and O–H groups in total. The zero-order valence-electron chi connectivity index (χ0n) is 11.9. The first-order valence-corrected chi connectivity index (χ1v) is 9.22. The van der Waals surface area contributed by atoms with Crippen LogP contribution >= 0.6 is 0 Å². The van der Waals surface area contributed by atoms with Gasteiger partial charge in [0.1, 0.15) is 0 Å². The normalized spacial score (nSPS) is 31.5. The van der Waals surface area contributed by atoms with Gasteiger partial charge in [0.15, 0.2) is 0 Å². The van der Waals surface area contributed by atoms with E-state index in [1.165, 1.54) is 12.8 Å². The molecule has 0 atom stereocenters. The maximum absolute atomic E-state index is 11.4.